The second-order valence-corrected chi connectivity index (χ2v) is 6.94. The topological polar surface area (TPSA) is 73.5 Å². The van der Waals surface area contributed by atoms with Gasteiger partial charge in [0.25, 0.3) is 0 Å². The molecular formula is C24H26N4O2. The van der Waals surface area contributed by atoms with Crippen LogP contribution in [-0.4, -0.2) is 30.4 Å². The first-order valence-electron chi connectivity index (χ1n) is 9.85. The van der Waals surface area contributed by atoms with Gasteiger partial charge in [-0.05, 0) is 42.0 Å². The van der Waals surface area contributed by atoms with Crippen LogP contribution in [0.3, 0.4) is 0 Å². The Kier molecular flexibility index (Phi) is 7.44. The summed E-state index contributed by atoms with van der Waals surface area (Å²) in [5, 5.41) is 8.91. The maximum Gasteiger partial charge on any atom is 0.317 e. The molecule has 0 unspecified atom stereocenters. The van der Waals surface area contributed by atoms with Crippen LogP contribution in [0, 0.1) is 0 Å². The Bertz CT molecular complexity index is 944. The minimum atomic E-state index is -0.206. The summed E-state index contributed by atoms with van der Waals surface area (Å²) in [6.07, 6.45) is 0.203. The number of hydrogen-bond donors (Lipinski definition) is 3. The minimum Gasteiger partial charge on any atom is -0.356 e. The number of nitrogens with zero attached hydrogens (tertiary/aromatic N) is 1. The number of benzene rings is 3. The van der Waals surface area contributed by atoms with Crippen molar-refractivity contribution in [1.82, 2.24) is 10.2 Å². The second-order valence-electron chi connectivity index (χ2n) is 6.94. The molecule has 6 heteroatoms. The average molecular weight is 402 g/mol. The number of rotatable bonds is 8. The van der Waals surface area contributed by atoms with Crippen LogP contribution in [0.25, 0.3) is 0 Å². The molecule has 3 amide bonds. The zero-order valence-electron chi connectivity index (χ0n) is 17.0. The Labute approximate surface area is 176 Å². The number of para-hydroxylation sites is 1. The number of carbonyl (C=O) groups excluding carboxylic acids is 2. The molecule has 0 heterocycles. The summed E-state index contributed by atoms with van der Waals surface area (Å²) >= 11 is 0. The van der Waals surface area contributed by atoms with Gasteiger partial charge >= 0.3 is 6.03 Å². The molecule has 0 aliphatic carbocycles. The highest BCUT2D eigenvalue weighted by Crippen LogP contribution is 2.18. The molecule has 0 radical (unpaired) electrons. The molecule has 154 valence electrons. The van der Waals surface area contributed by atoms with Crippen molar-refractivity contribution in [3.05, 3.63) is 90.5 Å². The van der Waals surface area contributed by atoms with Gasteiger partial charge in [0.15, 0.2) is 0 Å². The Balaban J connectivity index is 1.38. The predicted octanol–water partition coefficient (Wildman–Crippen LogP) is 4.60. The fraction of sp³-hybridized carbons (Fsp3) is 0.167. The molecule has 0 aliphatic rings. The van der Waals surface area contributed by atoms with Gasteiger partial charge in [-0.3, -0.25) is 4.79 Å². The van der Waals surface area contributed by atoms with Gasteiger partial charge < -0.3 is 20.9 Å². The number of amides is 3. The minimum absolute atomic E-state index is 0.148. The summed E-state index contributed by atoms with van der Waals surface area (Å²) in [7, 11) is 1.73. The largest absolute Gasteiger partial charge is 0.356 e. The summed E-state index contributed by atoms with van der Waals surface area (Å²) in [6.45, 7) is 0.791. The van der Waals surface area contributed by atoms with E-state index in [1.165, 1.54) is 0 Å². The maximum absolute atomic E-state index is 12.2. The molecule has 3 aromatic carbocycles. The molecular weight excluding hydrogens is 376 g/mol. The molecule has 30 heavy (non-hydrogen) atoms. The van der Waals surface area contributed by atoms with Crippen molar-refractivity contribution >= 4 is 29.0 Å². The van der Waals surface area contributed by atoms with Gasteiger partial charge in [0.2, 0.25) is 5.91 Å². The quantitative estimate of drug-likeness (QED) is 0.516. The highest BCUT2D eigenvalue weighted by molar-refractivity contribution is 5.91. The molecule has 3 aromatic rings. The zero-order valence-corrected chi connectivity index (χ0v) is 17.0. The van der Waals surface area contributed by atoms with Crippen LogP contribution in [0.2, 0.25) is 0 Å². The van der Waals surface area contributed by atoms with E-state index in [1.807, 2.05) is 84.9 Å². The smallest absolute Gasteiger partial charge is 0.317 e. The highest BCUT2D eigenvalue weighted by atomic mass is 16.2. The van der Waals surface area contributed by atoms with Crippen LogP contribution in [-0.2, 0) is 11.3 Å². The number of hydrogen-bond acceptors (Lipinski definition) is 3. The lowest BCUT2D eigenvalue weighted by Crippen LogP contribution is -2.38. The maximum atomic E-state index is 12.2. The fourth-order valence-corrected chi connectivity index (χ4v) is 2.90. The SMILES string of the molecule is CN(Cc1ccccc1)C(=O)NCCC(=O)Nc1ccc(Nc2ccccc2)cc1. The molecule has 3 rings (SSSR count). The Morgan fingerprint density at radius 2 is 1.33 bits per heavy atom. The van der Waals surface area contributed by atoms with Crippen LogP contribution in [0.5, 0.6) is 0 Å². The molecule has 0 saturated carbocycles. The van der Waals surface area contributed by atoms with E-state index in [2.05, 4.69) is 16.0 Å². The van der Waals surface area contributed by atoms with Crippen molar-refractivity contribution in [2.75, 3.05) is 24.2 Å². The summed E-state index contributed by atoms with van der Waals surface area (Å²) in [5.41, 5.74) is 3.71. The molecule has 6 nitrogen and oxygen atoms in total. The molecule has 0 spiro atoms. The van der Waals surface area contributed by atoms with E-state index in [1.54, 1.807) is 11.9 Å². The summed E-state index contributed by atoms with van der Waals surface area (Å²) in [4.78, 5) is 25.9. The number of urea groups is 1. The predicted molar refractivity (Wildman–Crippen MR) is 121 cm³/mol. The lowest BCUT2D eigenvalue weighted by atomic mass is 10.2. The van der Waals surface area contributed by atoms with Crippen molar-refractivity contribution in [2.24, 2.45) is 0 Å². The van der Waals surface area contributed by atoms with Gasteiger partial charge in [-0.15, -0.1) is 0 Å². The van der Waals surface area contributed by atoms with Gasteiger partial charge in [0.1, 0.15) is 0 Å². The fourth-order valence-electron chi connectivity index (χ4n) is 2.90. The summed E-state index contributed by atoms with van der Waals surface area (Å²) < 4.78 is 0. The Hall–Kier alpha value is -3.80. The van der Waals surface area contributed by atoms with Gasteiger partial charge in [0.05, 0.1) is 0 Å². The zero-order chi connectivity index (χ0) is 21.2. The Morgan fingerprint density at radius 3 is 2.00 bits per heavy atom. The van der Waals surface area contributed by atoms with E-state index in [0.29, 0.717) is 12.2 Å². The lowest BCUT2D eigenvalue weighted by molar-refractivity contribution is -0.116. The van der Waals surface area contributed by atoms with Gasteiger partial charge in [-0.2, -0.15) is 0 Å². The Morgan fingerprint density at radius 1 is 0.767 bits per heavy atom. The first kappa shape index (κ1) is 20.9. The molecule has 0 aromatic heterocycles. The number of nitrogens with one attached hydrogen (secondary N) is 3. The van der Waals surface area contributed by atoms with E-state index in [9.17, 15) is 9.59 Å². The van der Waals surface area contributed by atoms with E-state index in [0.717, 1.165) is 16.9 Å². The van der Waals surface area contributed by atoms with Crippen LogP contribution < -0.4 is 16.0 Å². The summed E-state index contributed by atoms with van der Waals surface area (Å²) in [5.74, 6) is -0.148. The third-order valence-corrected chi connectivity index (χ3v) is 4.47. The molecule has 0 saturated heterocycles. The van der Waals surface area contributed by atoms with Crippen molar-refractivity contribution in [3.63, 3.8) is 0 Å². The van der Waals surface area contributed by atoms with Crippen molar-refractivity contribution < 1.29 is 9.59 Å². The highest BCUT2D eigenvalue weighted by Gasteiger charge is 2.09. The molecule has 0 fully saturated rings. The first-order valence-corrected chi connectivity index (χ1v) is 9.85. The van der Waals surface area contributed by atoms with Crippen LogP contribution in [0.4, 0.5) is 21.9 Å². The van der Waals surface area contributed by atoms with Gasteiger partial charge in [-0.1, -0.05) is 48.5 Å². The van der Waals surface area contributed by atoms with Crippen molar-refractivity contribution in [3.8, 4) is 0 Å². The number of carbonyl (C=O) groups is 2. The third kappa shape index (κ3) is 6.67. The van der Waals surface area contributed by atoms with Crippen molar-refractivity contribution in [1.29, 1.82) is 0 Å². The third-order valence-electron chi connectivity index (χ3n) is 4.47. The monoisotopic (exact) mass is 402 g/mol. The second kappa shape index (κ2) is 10.7. The average Bonchev–Trinajstić information content (AvgIpc) is 2.76. The van der Waals surface area contributed by atoms with Crippen LogP contribution >= 0.6 is 0 Å². The molecule has 0 atom stereocenters. The molecule has 0 bridgehead atoms. The van der Waals surface area contributed by atoms with Crippen LogP contribution in [0.15, 0.2) is 84.9 Å². The van der Waals surface area contributed by atoms with Gasteiger partial charge in [-0.25, -0.2) is 4.79 Å². The van der Waals surface area contributed by atoms with E-state index in [4.69, 9.17) is 0 Å². The van der Waals surface area contributed by atoms with Gasteiger partial charge in [0, 0.05) is 43.6 Å². The normalized spacial score (nSPS) is 10.2. The van der Waals surface area contributed by atoms with Crippen LogP contribution in [0.1, 0.15) is 12.0 Å². The molecule has 0 aliphatic heterocycles. The summed E-state index contributed by atoms with van der Waals surface area (Å²) in [6, 6.07) is 26.9. The molecule has 3 N–H and O–H groups in total. The lowest BCUT2D eigenvalue weighted by Gasteiger charge is -2.18. The van der Waals surface area contributed by atoms with Crippen molar-refractivity contribution in [2.45, 2.75) is 13.0 Å². The van der Waals surface area contributed by atoms with E-state index in [-0.39, 0.29) is 24.9 Å². The van der Waals surface area contributed by atoms with E-state index >= 15 is 0 Å². The standard InChI is InChI=1S/C24H26N4O2/c1-28(18-19-8-4-2-5-9-19)24(30)25-17-16-23(29)27-22-14-12-21(13-15-22)26-20-10-6-3-7-11-20/h2-15,26H,16-18H2,1H3,(H,25,30)(H,27,29). The van der Waals surface area contributed by atoms with E-state index < -0.39 is 0 Å². The number of anilines is 3. The first-order chi connectivity index (χ1) is 14.6.